The molecule has 2 heterocycles. The number of likely N-dealkylation sites (N-methyl/N-ethyl adjacent to an activating group) is 1. The van der Waals surface area contributed by atoms with Gasteiger partial charge in [-0.2, -0.15) is 16.9 Å². The van der Waals surface area contributed by atoms with Gasteiger partial charge in [-0.25, -0.2) is 0 Å². The third-order valence-corrected chi connectivity index (χ3v) is 5.42. The van der Waals surface area contributed by atoms with Crippen molar-refractivity contribution in [1.82, 2.24) is 24.9 Å². The molecule has 0 aromatic carbocycles. The molecule has 0 bridgehead atoms. The van der Waals surface area contributed by atoms with Crippen molar-refractivity contribution in [3.63, 3.8) is 0 Å². The second-order valence-corrected chi connectivity index (χ2v) is 8.69. The minimum Gasteiger partial charge on any atom is -0.354 e. The molecule has 0 spiro atoms. The lowest BCUT2D eigenvalue weighted by molar-refractivity contribution is 0.292. The fourth-order valence-corrected chi connectivity index (χ4v) is 4.04. The molecule has 0 aliphatic carbocycles. The molecule has 0 saturated carbocycles. The Balaban J connectivity index is 0.00000288. The second kappa shape index (κ2) is 9.28. The number of rotatable bonds is 4. The number of hydrogen-bond acceptors (Lipinski definition) is 4. The van der Waals surface area contributed by atoms with Gasteiger partial charge in [0.2, 0.25) is 0 Å². The molecule has 1 aromatic rings. The lowest BCUT2D eigenvalue weighted by Gasteiger charge is -2.39. The molecular formula is C16H31IN6S. The average Bonchev–Trinajstić information content (AvgIpc) is 2.88. The Morgan fingerprint density at radius 1 is 1.50 bits per heavy atom. The van der Waals surface area contributed by atoms with Crippen LogP contribution in [-0.4, -0.2) is 76.8 Å². The van der Waals surface area contributed by atoms with Crippen molar-refractivity contribution in [2.45, 2.75) is 24.6 Å². The van der Waals surface area contributed by atoms with E-state index in [9.17, 15) is 0 Å². The van der Waals surface area contributed by atoms with Crippen LogP contribution in [0.5, 0.6) is 0 Å². The largest absolute Gasteiger partial charge is 0.354 e. The number of hydrogen-bond donors (Lipinski definition) is 1. The van der Waals surface area contributed by atoms with E-state index in [1.165, 1.54) is 5.56 Å². The maximum Gasteiger partial charge on any atom is 0.193 e. The van der Waals surface area contributed by atoms with Crippen LogP contribution in [0.4, 0.5) is 0 Å². The number of aliphatic imine (C=N–C) groups is 1. The highest BCUT2D eigenvalue weighted by Crippen LogP contribution is 2.29. The first-order chi connectivity index (χ1) is 10.8. The van der Waals surface area contributed by atoms with Gasteiger partial charge in [-0.05, 0) is 27.9 Å². The summed E-state index contributed by atoms with van der Waals surface area (Å²) < 4.78 is 2.13. The first kappa shape index (κ1) is 21.6. The Labute approximate surface area is 167 Å². The number of halogens is 1. The van der Waals surface area contributed by atoms with Crippen LogP contribution in [-0.2, 0) is 7.05 Å². The zero-order chi connectivity index (χ0) is 17.0. The smallest absolute Gasteiger partial charge is 0.193 e. The van der Waals surface area contributed by atoms with E-state index in [4.69, 9.17) is 0 Å². The van der Waals surface area contributed by atoms with Crippen LogP contribution in [0, 0.1) is 0 Å². The Bertz CT molecular complexity index is 542. The van der Waals surface area contributed by atoms with Crippen molar-refractivity contribution in [3.05, 3.63) is 18.0 Å². The van der Waals surface area contributed by atoms with Crippen molar-refractivity contribution in [3.8, 4) is 0 Å². The van der Waals surface area contributed by atoms with Gasteiger partial charge in [0.25, 0.3) is 0 Å². The maximum atomic E-state index is 4.49. The van der Waals surface area contributed by atoms with Crippen LogP contribution < -0.4 is 5.32 Å². The van der Waals surface area contributed by atoms with Crippen LogP contribution in [0.3, 0.4) is 0 Å². The molecule has 138 valence electrons. The molecule has 2 rings (SSSR count). The highest BCUT2D eigenvalue weighted by atomic mass is 127. The lowest BCUT2D eigenvalue weighted by atomic mass is 10.1. The van der Waals surface area contributed by atoms with Gasteiger partial charge in [-0.1, -0.05) is 0 Å². The summed E-state index contributed by atoms with van der Waals surface area (Å²) in [6, 6.07) is 0.271. The molecule has 6 nitrogen and oxygen atoms in total. The molecule has 1 unspecified atom stereocenters. The summed E-state index contributed by atoms with van der Waals surface area (Å²) >= 11 is 2.04. The van der Waals surface area contributed by atoms with E-state index in [0.29, 0.717) is 0 Å². The van der Waals surface area contributed by atoms with Gasteiger partial charge in [0.1, 0.15) is 0 Å². The molecule has 1 aromatic heterocycles. The first-order valence-electron chi connectivity index (χ1n) is 8.07. The predicted molar refractivity (Wildman–Crippen MR) is 115 cm³/mol. The van der Waals surface area contributed by atoms with E-state index < -0.39 is 0 Å². The van der Waals surface area contributed by atoms with Gasteiger partial charge in [-0.3, -0.25) is 9.67 Å². The van der Waals surface area contributed by atoms with Crippen molar-refractivity contribution in [2.75, 3.05) is 46.5 Å². The standard InChI is InChI=1S/C16H30N6S.HI/c1-16(2)12-22(7-8-23-16)15(17-3)18-10-14(20(4)5)13-9-19-21(6)11-13;/h9,11,14H,7-8,10,12H2,1-6H3,(H,17,18);1H. The molecular weight excluding hydrogens is 435 g/mol. The third kappa shape index (κ3) is 5.80. The van der Waals surface area contributed by atoms with Crippen LogP contribution in [0.15, 0.2) is 17.4 Å². The Hall–Kier alpha value is -0.480. The number of nitrogens with zero attached hydrogens (tertiary/aromatic N) is 5. The normalized spacial score (nSPS) is 19.1. The summed E-state index contributed by atoms with van der Waals surface area (Å²) in [6.07, 6.45) is 4.02. The zero-order valence-electron chi connectivity index (χ0n) is 15.6. The highest BCUT2D eigenvalue weighted by Gasteiger charge is 2.29. The predicted octanol–water partition coefficient (Wildman–Crippen LogP) is 2.04. The summed E-state index contributed by atoms with van der Waals surface area (Å²) in [6.45, 7) is 7.49. The monoisotopic (exact) mass is 466 g/mol. The van der Waals surface area contributed by atoms with Gasteiger partial charge in [0.15, 0.2) is 5.96 Å². The third-order valence-electron chi connectivity index (χ3n) is 4.12. The van der Waals surface area contributed by atoms with Gasteiger partial charge in [-0.15, -0.1) is 24.0 Å². The first-order valence-corrected chi connectivity index (χ1v) is 9.05. The van der Waals surface area contributed by atoms with E-state index >= 15 is 0 Å². The number of guanidine groups is 1. The Kier molecular flexibility index (Phi) is 8.34. The van der Waals surface area contributed by atoms with E-state index in [1.54, 1.807) is 0 Å². The van der Waals surface area contributed by atoms with Crippen LogP contribution in [0.1, 0.15) is 25.5 Å². The lowest BCUT2D eigenvalue weighted by Crippen LogP contribution is -2.52. The fourth-order valence-electron chi connectivity index (χ4n) is 2.93. The molecule has 1 saturated heterocycles. The van der Waals surface area contributed by atoms with E-state index in [0.717, 1.165) is 31.3 Å². The average molecular weight is 466 g/mol. The van der Waals surface area contributed by atoms with Crippen molar-refractivity contribution in [1.29, 1.82) is 0 Å². The van der Waals surface area contributed by atoms with Crippen LogP contribution >= 0.6 is 35.7 Å². The molecule has 1 aliphatic rings. The van der Waals surface area contributed by atoms with Crippen LogP contribution in [0.2, 0.25) is 0 Å². The summed E-state index contributed by atoms with van der Waals surface area (Å²) in [5.41, 5.74) is 1.22. The van der Waals surface area contributed by atoms with Crippen molar-refractivity contribution in [2.24, 2.45) is 12.0 Å². The highest BCUT2D eigenvalue weighted by molar-refractivity contribution is 14.0. The number of nitrogens with one attached hydrogen (secondary N) is 1. The number of aryl methyl sites for hydroxylation is 1. The molecule has 1 aliphatic heterocycles. The molecule has 8 heteroatoms. The molecule has 1 fully saturated rings. The molecule has 24 heavy (non-hydrogen) atoms. The van der Waals surface area contributed by atoms with E-state index in [-0.39, 0.29) is 34.8 Å². The molecule has 1 atom stereocenters. The minimum atomic E-state index is 0. The number of thioether (sulfide) groups is 1. The van der Waals surface area contributed by atoms with Gasteiger partial charge in [0, 0.05) is 56.0 Å². The van der Waals surface area contributed by atoms with E-state index in [2.05, 4.69) is 59.3 Å². The van der Waals surface area contributed by atoms with Gasteiger partial charge in [0.05, 0.1) is 12.2 Å². The number of aromatic nitrogens is 2. The SMILES string of the molecule is CN=C(NCC(c1cnn(C)c1)N(C)C)N1CCSC(C)(C)C1.I. The van der Waals surface area contributed by atoms with E-state index in [1.807, 2.05) is 36.7 Å². The summed E-state index contributed by atoms with van der Waals surface area (Å²) in [4.78, 5) is 9.07. The molecule has 0 radical (unpaired) electrons. The Morgan fingerprint density at radius 2 is 2.21 bits per heavy atom. The fraction of sp³-hybridized carbons (Fsp3) is 0.750. The summed E-state index contributed by atoms with van der Waals surface area (Å²) in [5, 5.41) is 7.85. The quantitative estimate of drug-likeness (QED) is 0.418. The summed E-state index contributed by atoms with van der Waals surface area (Å²) in [7, 11) is 8.02. The van der Waals surface area contributed by atoms with Crippen LogP contribution in [0.25, 0.3) is 0 Å². The molecule has 1 N–H and O–H groups in total. The van der Waals surface area contributed by atoms with Crippen molar-refractivity contribution >= 4 is 41.7 Å². The van der Waals surface area contributed by atoms with Crippen molar-refractivity contribution < 1.29 is 0 Å². The maximum absolute atomic E-state index is 4.49. The van der Waals surface area contributed by atoms with Gasteiger partial charge >= 0.3 is 0 Å². The Morgan fingerprint density at radius 3 is 2.71 bits per heavy atom. The topological polar surface area (TPSA) is 48.7 Å². The van der Waals surface area contributed by atoms with Gasteiger partial charge < -0.3 is 15.1 Å². The summed E-state index contributed by atoms with van der Waals surface area (Å²) in [5.74, 6) is 2.14. The second-order valence-electron chi connectivity index (χ2n) is 6.88. The minimum absolute atomic E-state index is 0. The zero-order valence-corrected chi connectivity index (χ0v) is 18.8. The molecule has 0 amide bonds.